The minimum atomic E-state index is -0.852. The Morgan fingerprint density at radius 3 is 2.19 bits per heavy atom. The maximum atomic E-state index is 13.5. The SMILES string of the molecule is N#CCCC1(CCC#N)C(=O)c2ccccc2OC1Cc1ccccc1. The summed E-state index contributed by atoms with van der Waals surface area (Å²) in [6.07, 6.45) is 1.49. The van der Waals surface area contributed by atoms with Gasteiger partial charge in [-0.05, 0) is 30.5 Å². The number of benzene rings is 2. The fourth-order valence-electron chi connectivity index (χ4n) is 3.73. The van der Waals surface area contributed by atoms with E-state index in [1.54, 1.807) is 6.07 Å². The third-order valence-corrected chi connectivity index (χ3v) is 5.10. The number of Topliss-reactive ketones (excluding diaryl/α,β-unsaturated/α-hetero) is 1. The highest BCUT2D eigenvalue weighted by Crippen LogP contribution is 2.46. The van der Waals surface area contributed by atoms with E-state index in [1.807, 2.05) is 48.5 Å². The summed E-state index contributed by atoms with van der Waals surface area (Å²) < 4.78 is 6.28. The molecule has 0 bridgehead atoms. The smallest absolute Gasteiger partial charge is 0.176 e. The van der Waals surface area contributed by atoms with E-state index in [1.165, 1.54) is 0 Å². The lowest BCUT2D eigenvalue weighted by Crippen LogP contribution is -2.50. The Bertz CT molecular complexity index is 844. The molecule has 4 heteroatoms. The lowest BCUT2D eigenvalue weighted by atomic mass is 9.66. The van der Waals surface area contributed by atoms with E-state index < -0.39 is 11.5 Å². The van der Waals surface area contributed by atoms with E-state index in [0.29, 0.717) is 30.6 Å². The summed E-state index contributed by atoms with van der Waals surface area (Å²) in [5.41, 5.74) is 0.769. The van der Waals surface area contributed by atoms with Gasteiger partial charge in [0, 0.05) is 19.3 Å². The van der Waals surface area contributed by atoms with Crippen LogP contribution in [0.2, 0.25) is 0 Å². The first-order chi connectivity index (χ1) is 12.7. The number of rotatable bonds is 6. The van der Waals surface area contributed by atoms with Crippen LogP contribution in [0.4, 0.5) is 0 Å². The molecule has 0 spiro atoms. The van der Waals surface area contributed by atoms with Crippen LogP contribution >= 0.6 is 0 Å². The molecule has 0 aromatic heterocycles. The number of carbonyl (C=O) groups is 1. The quantitative estimate of drug-likeness (QED) is 0.775. The van der Waals surface area contributed by atoms with E-state index in [0.717, 1.165) is 5.56 Å². The molecule has 0 radical (unpaired) electrons. The minimum absolute atomic E-state index is 0.00854. The Labute approximate surface area is 153 Å². The highest BCUT2D eigenvalue weighted by molar-refractivity contribution is 6.04. The molecule has 130 valence electrons. The van der Waals surface area contributed by atoms with E-state index >= 15 is 0 Å². The zero-order valence-electron chi connectivity index (χ0n) is 14.5. The van der Waals surface area contributed by atoms with Gasteiger partial charge in [-0.2, -0.15) is 10.5 Å². The first kappa shape index (κ1) is 17.7. The Morgan fingerprint density at radius 1 is 0.923 bits per heavy atom. The van der Waals surface area contributed by atoms with Gasteiger partial charge in [-0.3, -0.25) is 4.79 Å². The van der Waals surface area contributed by atoms with E-state index in [-0.39, 0.29) is 18.6 Å². The van der Waals surface area contributed by atoms with Gasteiger partial charge in [0.05, 0.1) is 23.1 Å². The lowest BCUT2D eigenvalue weighted by Gasteiger charge is -2.43. The molecule has 0 aliphatic carbocycles. The number of ether oxygens (including phenoxy) is 1. The molecule has 2 aromatic carbocycles. The van der Waals surface area contributed by atoms with Crippen molar-refractivity contribution in [2.45, 2.75) is 38.2 Å². The fraction of sp³-hybridized carbons (Fsp3) is 0.318. The van der Waals surface area contributed by atoms with Crippen LogP contribution in [0.1, 0.15) is 41.6 Å². The highest BCUT2D eigenvalue weighted by Gasteiger charge is 2.50. The molecule has 1 aliphatic rings. The molecule has 0 fully saturated rings. The van der Waals surface area contributed by atoms with Gasteiger partial charge in [0.25, 0.3) is 0 Å². The third-order valence-electron chi connectivity index (χ3n) is 5.10. The standard InChI is InChI=1S/C22H20N2O2/c23-14-6-12-22(13-7-15-24)20(16-17-8-2-1-3-9-17)26-19-11-5-4-10-18(19)21(22)25/h1-5,8-11,20H,6-7,12-13,16H2. The van der Waals surface area contributed by atoms with E-state index in [4.69, 9.17) is 15.3 Å². The molecule has 0 saturated carbocycles. The van der Waals surface area contributed by atoms with Crippen LogP contribution < -0.4 is 4.74 Å². The van der Waals surface area contributed by atoms with Crippen LogP contribution in [0.15, 0.2) is 54.6 Å². The van der Waals surface area contributed by atoms with Crippen LogP contribution in [-0.2, 0) is 6.42 Å². The zero-order valence-corrected chi connectivity index (χ0v) is 14.5. The largest absolute Gasteiger partial charge is 0.488 e. The van der Waals surface area contributed by atoms with Gasteiger partial charge in [0.2, 0.25) is 0 Å². The summed E-state index contributed by atoms with van der Waals surface area (Å²) in [6.45, 7) is 0. The Balaban J connectivity index is 2.05. The van der Waals surface area contributed by atoms with E-state index in [9.17, 15) is 4.79 Å². The number of hydrogen-bond acceptors (Lipinski definition) is 4. The molecule has 4 nitrogen and oxygen atoms in total. The molecule has 2 aromatic rings. The number of carbonyl (C=O) groups excluding carboxylic acids is 1. The van der Waals surface area contributed by atoms with Crippen molar-refractivity contribution >= 4 is 5.78 Å². The zero-order chi connectivity index (χ0) is 18.4. The Morgan fingerprint density at radius 2 is 1.54 bits per heavy atom. The van der Waals surface area contributed by atoms with Crippen LogP contribution in [0.5, 0.6) is 5.75 Å². The van der Waals surface area contributed by atoms with Crippen molar-refractivity contribution < 1.29 is 9.53 Å². The van der Waals surface area contributed by atoms with Gasteiger partial charge >= 0.3 is 0 Å². The number of hydrogen-bond donors (Lipinski definition) is 0. The van der Waals surface area contributed by atoms with Crippen LogP contribution in [0, 0.1) is 28.1 Å². The van der Waals surface area contributed by atoms with Gasteiger partial charge in [-0.1, -0.05) is 42.5 Å². The van der Waals surface area contributed by atoms with Crippen molar-refractivity contribution in [3.63, 3.8) is 0 Å². The van der Waals surface area contributed by atoms with Crippen LogP contribution in [-0.4, -0.2) is 11.9 Å². The van der Waals surface area contributed by atoms with Crippen LogP contribution in [0.3, 0.4) is 0 Å². The van der Waals surface area contributed by atoms with Gasteiger partial charge in [0.15, 0.2) is 5.78 Å². The van der Waals surface area contributed by atoms with Crippen molar-refractivity contribution in [2.24, 2.45) is 5.41 Å². The molecule has 1 atom stereocenters. The number of nitriles is 2. The molecule has 0 saturated heterocycles. The summed E-state index contributed by atoms with van der Waals surface area (Å²) in [6, 6.07) is 21.4. The summed E-state index contributed by atoms with van der Waals surface area (Å²) >= 11 is 0. The Kier molecular flexibility index (Phi) is 5.34. The van der Waals surface area contributed by atoms with Crippen molar-refractivity contribution in [1.29, 1.82) is 10.5 Å². The molecule has 26 heavy (non-hydrogen) atoms. The number of para-hydroxylation sites is 1. The maximum absolute atomic E-state index is 13.5. The van der Waals surface area contributed by atoms with Crippen LogP contribution in [0.25, 0.3) is 0 Å². The molecule has 1 aliphatic heterocycles. The monoisotopic (exact) mass is 344 g/mol. The predicted octanol–water partition coefficient (Wildman–Crippen LogP) is 4.47. The molecule has 0 amide bonds. The fourth-order valence-corrected chi connectivity index (χ4v) is 3.73. The minimum Gasteiger partial charge on any atom is -0.488 e. The van der Waals surface area contributed by atoms with Crippen molar-refractivity contribution in [3.8, 4) is 17.9 Å². The van der Waals surface area contributed by atoms with Gasteiger partial charge in [-0.25, -0.2) is 0 Å². The van der Waals surface area contributed by atoms with Crippen molar-refractivity contribution in [1.82, 2.24) is 0 Å². The van der Waals surface area contributed by atoms with Gasteiger partial charge in [0.1, 0.15) is 11.9 Å². The average Bonchev–Trinajstić information content (AvgIpc) is 2.68. The second kappa shape index (κ2) is 7.85. The molecular weight excluding hydrogens is 324 g/mol. The average molecular weight is 344 g/mol. The first-order valence-electron chi connectivity index (χ1n) is 8.79. The van der Waals surface area contributed by atoms with Gasteiger partial charge < -0.3 is 4.74 Å². The molecule has 1 unspecified atom stereocenters. The summed E-state index contributed by atoms with van der Waals surface area (Å²) in [7, 11) is 0. The third kappa shape index (κ3) is 3.32. The Hall–Kier alpha value is -3.11. The molecule has 0 N–H and O–H groups in total. The number of ketones is 1. The topological polar surface area (TPSA) is 73.9 Å². The first-order valence-corrected chi connectivity index (χ1v) is 8.79. The second-order valence-corrected chi connectivity index (χ2v) is 6.59. The van der Waals surface area contributed by atoms with E-state index in [2.05, 4.69) is 12.1 Å². The number of fused-ring (bicyclic) bond motifs is 1. The van der Waals surface area contributed by atoms with Crippen molar-refractivity contribution in [3.05, 3.63) is 65.7 Å². The normalized spacial score (nSPS) is 17.5. The highest BCUT2D eigenvalue weighted by atomic mass is 16.5. The summed E-state index contributed by atoms with van der Waals surface area (Å²) in [5, 5.41) is 18.3. The summed E-state index contributed by atoms with van der Waals surface area (Å²) in [4.78, 5) is 13.5. The second-order valence-electron chi connectivity index (χ2n) is 6.59. The van der Waals surface area contributed by atoms with Crippen molar-refractivity contribution in [2.75, 3.05) is 0 Å². The molecule has 1 heterocycles. The number of nitrogens with zero attached hydrogens (tertiary/aromatic N) is 2. The maximum Gasteiger partial charge on any atom is 0.176 e. The predicted molar refractivity (Wildman–Crippen MR) is 97.5 cm³/mol. The molecule has 3 rings (SSSR count). The lowest BCUT2D eigenvalue weighted by molar-refractivity contribution is 0.0182. The molecular formula is C22H20N2O2. The van der Waals surface area contributed by atoms with Gasteiger partial charge in [-0.15, -0.1) is 0 Å². The summed E-state index contributed by atoms with van der Waals surface area (Å²) in [5.74, 6) is 0.578.